The Balaban J connectivity index is 1.58. The molecule has 0 aromatic heterocycles. The van der Waals surface area contributed by atoms with E-state index in [1.54, 1.807) is 14.2 Å². The molecule has 1 aliphatic carbocycles. The summed E-state index contributed by atoms with van der Waals surface area (Å²) in [6.07, 6.45) is 3.31. The van der Waals surface area contributed by atoms with Crippen LogP contribution in [0.2, 0.25) is 0 Å². The van der Waals surface area contributed by atoms with Crippen LogP contribution in [-0.4, -0.2) is 55.4 Å². The summed E-state index contributed by atoms with van der Waals surface area (Å²) < 4.78 is 10.8. The van der Waals surface area contributed by atoms with Crippen LogP contribution in [0.4, 0.5) is 0 Å². The molecule has 3 atom stereocenters. The Morgan fingerprint density at radius 2 is 1.84 bits per heavy atom. The first-order valence-electron chi connectivity index (χ1n) is 9.26. The largest absolute Gasteiger partial charge is 0.496 e. The van der Waals surface area contributed by atoms with Gasteiger partial charge in [-0.15, -0.1) is 0 Å². The molecule has 5 nitrogen and oxygen atoms in total. The van der Waals surface area contributed by atoms with Crippen LogP contribution in [0.3, 0.4) is 0 Å². The van der Waals surface area contributed by atoms with Crippen molar-refractivity contribution < 1.29 is 19.4 Å². The number of nitrogens with zero attached hydrogens (tertiary/aromatic N) is 1. The van der Waals surface area contributed by atoms with E-state index >= 15 is 0 Å². The number of aliphatic hydroxyl groups excluding tert-OH is 1. The number of hydrogen-bond acceptors (Lipinski definition) is 4. The molecular formula is C20H29NO4. The number of benzene rings is 1. The van der Waals surface area contributed by atoms with Crippen molar-refractivity contribution in [2.45, 2.75) is 50.2 Å². The SMILES string of the molecule is COc1ccccc1C1CCN(C(=O)[C@@H]2CC[C@H](O)[C@H](OC)C2)CC1. The van der Waals surface area contributed by atoms with E-state index in [1.165, 1.54) is 5.56 Å². The lowest BCUT2D eigenvalue weighted by Crippen LogP contribution is -2.45. The fraction of sp³-hybridized carbons (Fsp3) is 0.650. The molecule has 5 heteroatoms. The molecule has 3 rings (SSSR count). The molecule has 0 spiro atoms. The van der Waals surface area contributed by atoms with Gasteiger partial charge in [0.1, 0.15) is 5.75 Å². The lowest BCUT2D eigenvalue weighted by atomic mass is 9.83. The summed E-state index contributed by atoms with van der Waals surface area (Å²) in [4.78, 5) is 14.9. The average molecular weight is 347 g/mol. The van der Waals surface area contributed by atoms with Gasteiger partial charge in [0.25, 0.3) is 0 Å². The van der Waals surface area contributed by atoms with E-state index in [-0.39, 0.29) is 17.9 Å². The van der Waals surface area contributed by atoms with Gasteiger partial charge in [0.2, 0.25) is 5.91 Å². The van der Waals surface area contributed by atoms with Crippen molar-refractivity contribution in [1.29, 1.82) is 0 Å². The van der Waals surface area contributed by atoms with Gasteiger partial charge in [-0.2, -0.15) is 0 Å². The average Bonchev–Trinajstić information content (AvgIpc) is 2.68. The van der Waals surface area contributed by atoms with Crippen LogP contribution in [0, 0.1) is 5.92 Å². The van der Waals surface area contributed by atoms with Crippen molar-refractivity contribution >= 4 is 5.91 Å². The van der Waals surface area contributed by atoms with Crippen molar-refractivity contribution in [3.63, 3.8) is 0 Å². The van der Waals surface area contributed by atoms with Crippen molar-refractivity contribution in [1.82, 2.24) is 4.90 Å². The van der Waals surface area contributed by atoms with Gasteiger partial charge >= 0.3 is 0 Å². The molecular weight excluding hydrogens is 318 g/mol. The second-order valence-corrected chi connectivity index (χ2v) is 7.19. The van der Waals surface area contributed by atoms with Gasteiger partial charge in [-0.1, -0.05) is 18.2 Å². The molecule has 25 heavy (non-hydrogen) atoms. The first-order chi connectivity index (χ1) is 12.1. The maximum atomic E-state index is 12.9. The van der Waals surface area contributed by atoms with Crippen LogP contribution in [-0.2, 0) is 9.53 Å². The third-order valence-electron chi connectivity index (χ3n) is 5.79. The molecule has 1 aliphatic heterocycles. The highest BCUT2D eigenvalue weighted by molar-refractivity contribution is 5.79. The first-order valence-corrected chi connectivity index (χ1v) is 9.26. The van der Waals surface area contributed by atoms with Gasteiger partial charge in [-0.05, 0) is 49.7 Å². The van der Waals surface area contributed by atoms with Crippen molar-refractivity contribution in [2.75, 3.05) is 27.3 Å². The molecule has 1 heterocycles. The number of piperidine rings is 1. The highest BCUT2D eigenvalue weighted by Crippen LogP contribution is 2.35. The monoisotopic (exact) mass is 347 g/mol. The summed E-state index contributed by atoms with van der Waals surface area (Å²) in [5.41, 5.74) is 1.25. The number of para-hydroxylation sites is 1. The molecule has 1 aromatic carbocycles. The lowest BCUT2D eigenvalue weighted by molar-refractivity contribution is -0.142. The summed E-state index contributed by atoms with van der Waals surface area (Å²) in [7, 11) is 3.32. The molecule has 0 radical (unpaired) electrons. The number of amides is 1. The molecule has 1 saturated heterocycles. The van der Waals surface area contributed by atoms with Gasteiger partial charge in [-0.3, -0.25) is 4.79 Å². The van der Waals surface area contributed by atoms with Crippen LogP contribution in [0.5, 0.6) is 5.75 Å². The Kier molecular flexibility index (Phi) is 5.97. The van der Waals surface area contributed by atoms with Crippen molar-refractivity contribution in [3.05, 3.63) is 29.8 Å². The third kappa shape index (κ3) is 3.98. The summed E-state index contributed by atoms with van der Waals surface area (Å²) in [5.74, 6) is 1.60. The highest BCUT2D eigenvalue weighted by Gasteiger charge is 2.36. The normalized spacial score (nSPS) is 28.0. The fourth-order valence-corrected chi connectivity index (χ4v) is 4.26. The predicted molar refractivity (Wildman–Crippen MR) is 95.7 cm³/mol. The minimum absolute atomic E-state index is 0.0174. The molecule has 0 bridgehead atoms. The number of ether oxygens (including phenoxy) is 2. The molecule has 1 saturated carbocycles. The minimum atomic E-state index is -0.440. The minimum Gasteiger partial charge on any atom is -0.496 e. The summed E-state index contributed by atoms with van der Waals surface area (Å²) >= 11 is 0. The highest BCUT2D eigenvalue weighted by atomic mass is 16.5. The molecule has 2 aliphatic rings. The maximum Gasteiger partial charge on any atom is 0.225 e. The summed E-state index contributed by atoms with van der Waals surface area (Å²) in [6, 6.07) is 8.18. The number of hydrogen-bond donors (Lipinski definition) is 1. The first kappa shape index (κ1) is 18.2. The quantitative estimate of drug-likeness (QED) is 0.909. The van der Waals surface area contributed by atoms with E-state index in [4.69, 9.17) is 9.47 Å². The number of likely N-dealkylation sites (tertiary alicyclic amines) is 1. The van der Waals surface area contributed by atoms with Gasteiger partial charge < -0.3 is 19.5 Å². The van der Waals surface area contributed by atoms with E-state index in [9.17, 15) is 9.90 Å². The smallest absolute Gasteiger partial charge is 0.225 e. The van der Waals surface area contributed by atoms with Gasteiger partial charge in [0.05, 0.1) is 19.3 Å². The van der Waals surface area contributed by atoms with E-state index in [1.807, 2.05) is 23.1 Å². The third-order valence-corrected chi connectivity index (χ3v) is 5.79. The topological polar surface area (TPSA) is 59.0 Å². The Morgan fingerprint density at radius 3 is 2.52 bits per heavy atom. The number of carbonyl (C=O) groups is 1. The fourth-order valence-electron chi connectivity index (χ4n) is 4.26. The Labute approximate surface area is 149 Å². The lowest BCUT2D eigenvalue weighted by Gasteiger charge is -2.38. The van der Waals surface area contributed by atoms with Crippen LogP contribution in [0.25, 0.3) is 0 Å². The molecule has 138 valence electrons. The second-order valence-electron chi connectivity index (χ2n) is 7.19. The van der Waals surface area contributed by atoms with Crippen molar-refractivity contribution in [3.8, 4) is 5.75 Å². The van der Waals surface area contributed by atoms with Crippen LogP contribution >= 0.6 is 0 Å². The standard InChI is InChI=1S/C20H29NO4/c1-24-18-6-4-3-5-16(18)14-9-11-21(12-10-14)20(23)15-7-8-17(22)19(13-15)25-2/h3-6,14-15,17,19,22H,7-13H2,1-2H3/t15-,17+,19-/m1/s1. The van der Waals surface area contributed by atoms with E-state index in [0.29, 0.717) is 18.8 Å². The second kappa shape index (κ2) is 8.19. The van der Waals surface area contributed by atoms with E-state index < -0.39 is 6.10 Å². The number of aliphatic hydroxyl groups is 1. The van der Waals surface area contributed by atoms with Crippen LogP contribution in [0.15, 0.2) is 24.3 Å². The Hall–Kier alpha value is -1.59. The number of carbonyl (C=O) groups excluding carboxylic acids is 1. The van der Waals surface area contributed by atoms with E-state index in [2.05, 4.69) is 6.07 Å². The zero-order valence-electron chi connectivity index (χ0n) is 15.2. The maximum absolute atomic E-state index is 12.9. The number of rotatable bonds is 4. The summed E-state index contributed by atoms with van der Waals surface area (Å²) in [5, 5.41) is 9.93. The van der Waals surface area contributed by atoms with E-state index in [0.717, 1.165) is 38.1 Å². The molecule has 0 unspecified atom stereocenters. The Morgan fingerprint density at radius 1 is 1.12 bits per heavy atom. The van der Waals surface area contributed by atoms with Crippen LogP contribution in [0.1, 0.15) is 43.6 Å². The van der Waals surface area contributed by atoms with Crippen molar-refractivity contribution in [2.24, 2.45) is 5.92 Å². The zero-order chi connectivity index (χ0) is 17.8. The molecule has 1 amide bonds. The van der Waals surface area contributed by atoms with Gasteiger partial charge in [0, 0.05) is 26.1 Å². The molecule has 1 N–H and O–H groups in total. The Bertz CT molecular complexity index is 583. The van der Waals surface area contributed by atoms with Gasteiger partial charge in [0.15, 0.2) is 0 Å². The number of methoxy groups -OCH3 is 2. The molecule has 2 fully saturated rings. The zero-order valence-corrected chi connectivity index (χ0v) is 15.2. The predicted octanol–water partition coefficient (Wildman–Crippen LogP) is 2.58. The molecule has 1 aromatic rings. The summed E-state index contributed by atoms with van der Waals surface area (Å²) in [6.45, 7) is 1.58. The van der Waals surface area contributed by atoms with Crippen LogP contribution < -0.4 is 4.74 Å². The van der Waals surface area contributed by atoms with Gasteiger partial charge in [-0.25, -0.2) is 0 Å².